The maximum atomic E-state index is 14.2. The van der Waals surface area contributed by atoms with E-state index in [4.69, 9.17) is 9.84 Å². The number of hydrogen-bond donors (Lipinski definition) is 3. The Morgan fingerprint density at radius 2 is 1.75 bits per heavy atom. The molecule has 0 aromatic heterocycles. The summed E-state index contributed by atoms with van der Waals surface area (Å²) in [5, 5.41) is 29.1. The molecule has 1 aromatic rings. The summed E-state index contributed by atoms with van der Waals surface area (Å²) in [5.41, 5.74) is 0. The third kappa shape index (κ3) is 7.60. The lowest BCUT2D eigenvalue weighted by molar-refractivity contribution is -0.136. The van der Waals surface area contributed by atoms with E-state index in [1.54, 1.807) is 12.1 Å². The molecule has 1 aliphatic carbocycles. The van der Waals surface area contributed by atoms with E-state index in [9.17, 15) is 19.4 Å². The number of carbonyl (C=O) groups is 1. The number of hydrogen-bond acceptors (Lipinski definition) is 4. The van der Waals surface area contributed by atoms with Crippen molar-refractivity contribution in [1.82, 2.24) is 0 Å². The average molecular weight is 394 g/mol. The Hall–Kier alpha value is -1.92. The predicted octanol–water partition coefficient (Wildman–Crippen LogP) is 3.74. The van der Waals surface area contributed by atoms with Crippen LogP contribution in [0.2, 0.25) is 0 Å². The summed E-state index contributed by atoms with van der Waals surface area (Å²) in [7, 11) is 0. The van der Waals surface area contributed by atoms with Crippen LogP contribution in [0, 0.1) is 11.8 Å². The van der Waals surface area contributed by atoms with Gasteiger partial charge in [-0.3, -0.25) is 4.79 Å². The molecule has 5 atom stereocenters. The third-order valence-electron chi connectivity index (χ3n) is 5.37. The van der Waals surface area contributed by atoms with Gasteiger partial charge in [-0.2, -0.15) is 0 Å². The quantitative estimate of drug-likeness (QED) is 0.470. The Labute approximate surface area is 165 Å². The predicted molar refractivity (Wildman–Crippen MR) is 105 cm³/mol. The van der Waals surface area contributed by atoms with Crippen LogP contribution in [0.1, 0.15) is 44.9 Å². The molecule has 0 unspecified atom stereocenters. The van der Waals surface area contributed by atoms with Gasteiger partial charge in [0.15, 0.2) is 0 Å². The molecule has 5 nitrogen and oxygen atoms in total. The standard InChI is InChI=1S/C22H31FO5/c23-16(15-28-17-8-4-3-5-9-17)12-13-19-18(20(24)14-21(19)25)10-6-1-2-7-11-22(26)27/h1-5,8-9,16,18-21,24-25H,6-7,10-15H2,(H,26,27)/t16-,18-,19-,20+,21-/m1/s1. The minimum Gasteiger partial charge on any atom is -0.491 e. The van der Waals surface area contributed by atoms with E-state index >= 15 is 0 Å². The van der Waals surface area contributed by atoms with Crippen LogP contribution in [0.3, 0.4) is 0 Å². The van der Waals surface area contributed by atoms with Crippen LogP contribution in [-0.4, -0.2) is 46.3 Å². The van der Waals surface area contributed by atoms with Crippen molar-refractivity contribution in [2.75, 3.05) is 6.61 Å². The van der Waals surface area contributed by atoms with Crippen LogP contribution in [0.5, 0.6) is 5.75 Å². The smallest absolute Gasteiger partial charge is 0.303 e. The number of aliphatic carboxylic acids is 1. The van der Waals surface area contributed by atoms with Gasteiger partial charge in [-0.1, -0.05) is 30.4 Å². The summed E-state index contributed by atoms with van der Waals surface area (Å²) >= 11 is 0. The number of carboxylic acid groups (broad SMARTS) is 1. The highest BCUT2D eigenvalue weighted by molar-refractivity contribution is 5.66. The zero-order valence-corrected chi connectivity index (χ0v) is 16.1. The number of alkyl halides is 1. The molecule has 3 N–H and O–H groups in total. The van der Waals surface area contributed by atoms with Crippen molar-refractivity contribution in [1.29, 1.82) is 0 Å². The molecule has 1 saturated carbocycles. The number of aliphatic hydroxyl groups excluding tert-OH is 2. The summed E-state index contributed by atoms with van der Waals surface area (Å²) in [4.78, 5) is 10.5. The highest BCUT2D eigenvalue weighted by Crippen LogP contribution is 2.39. The van der Waals surface area contributed by atoms with Crippen molar-refractivity contribution in [3.05, 3.63) is 42.5 Å². The van der Waals surface area contributed by atoms with Gasteiger partial charge in [-0.15, -0.1) is 0 Å². The first-order valence-electron chi connectivity index (χ1n) is 10.0. The fourth-order valence-electron chi connectivity index (χ4n) is 3.87. The van der Waals surface area contributed by atoms with Gasteiger partial charge in [0.05, 0.1) is 12.2 Å². The van der Waals surface area contributed by atoms with Crippen LogP contribution >= 0.6 is 0 Å². The van der Waals surface area contributed by atoms with E-state index in [2.05, 4.69) is 0 Å². The highest BCUT2D eigenvalue weighted by atomic mass is 19.1. The minimum atomic E-state index is -1.12. The lowest BCUT2D eigenvalue weighted by atomic mass is 9.85. The fraction of sp³-hybridized carbons (Fsp3) is 0.591. The van der Waals surface area contributed by atoms with Crippen molar-refractivity contribution in [2.45, 2.75) is 63.3 Å². The second-order valence-corrected chi connectivity index (χ2v) is 7.48. The second kappa shape index (κ2) is 11.8. The number of halogens is 1. The van der Waals surface area contributed by atoms with Crippen LogP contribution < -0.4 is 4.74 Å². The van der Waals surface area contributed by atoms with Gasteiger partial charge < -0.3 is 20.1 Å². The third-order valence-corrected chi connectivity index (χ3v) is 5.37. The molecule has 0 radical (unpaired) electrons. The van der Waals surface area contributed by atoms with Crippen molar-refractivity contribution in [3.8, 4) is 5.75 Å². The Kier molecular flexibility index (Phi) is 9.44. The van der Waals surface area contributed by atoms with Crippen molar-refractivity contribution < 1.29 is 29.2 Å². The molecule has 156 valence electrons. The number of aliphatic hydroxyl groups is 2. The topological polar surface area (TPSA) is 87.0 Å². The van der Waals surface area contributed by atoms with Crippen LogP contribution in [0.15, 0.2) is 42.5 Å². The number of ether oxygens (including phenoxy) is 1. The second-order valence-electron chi connectivity index (χ2n) is 7.48. The lowest BCUT2D eigenvalue weighted by Crippen LogP contribution is -2.24. The average Bonchev–Trinajstić information content (AvgIpc) is 2.94. The van der Waals surface area contributed by atoms with Crippen LogP contribution in [-0.2, 0) is 4.79 Å². The van der Waals surface area contributed by atoms with Crippen LogP contribution in [0.25, 0.3) is 0 Å². The molecule has 2 rings (SSSR count). The Bertz CT molecular complexity index is 606. The van der Waals surface area contributed by atoms with Crippen LogP contribution in [0.4, 0.5) is 4.39 Å². The Morgan fingerprint density at radius 1 is 1.11 bits per heavy atom. The monoisotopic (exact) mass is 394 g/mol. The summed E-state index contributed by atoms with van der Waals surface area (Å²) in [6, 6.07) is 9.10. The SMILES string of the molecule is O=C(O)CCC=CCC[C@@H]1[C@@H](CC[C@@H](F)COc2ccccc2)[C@H](O)C[C@@H]1O. The minimum absolute atomic E-state index is 0.0215. The molecule has 0 aliphatic heterocycles. The molecule has 1 aliphatic rings. The zero-order valence-electron chi connectivity index (χ0n) is 16.1. The molecular formula is C22H31FO5. The Morgan fingerprint density at radius 3 is 2.43 bits per heavy atom. The molecule has 0 spiro atoms. The molecule has 0 heterocycles. The molecule has 1 aromatic carbocycles. The van der Waals surface area contributed by atoms with Gasteiger partial charge >= 0.3 is 5.97 Å². The van der Waals surface area contributed by atoms with Gasteiger partial charge in [0.1, 0.15) is 18.5 Å². The lowest BCUT2D eigenvalue weighted by Gasteiger charge is -2.24. The molecule has 28 heavy (non-hydrogen) atoms. The first kappa shape index (κ1) is 22.4. The highest BCUT2D eigenvalue weighted by Gasteiger charge is 2.40. The first-order valence-corrected chi connectivity index (χ1v) is 10.0. The summed E-state index contributed by atoms with van der Waals surface area (Å²) in [6.45, 7) is -0.0215. The molecular weight excluding hydrogens is 363 g/mol. The first-order chi connectivity index (χ1) is 13.5. The number of carboxylic acids is 1. The maximum Gasteiger partial charge on any atom is 0.303 e. The van der Waals surface area contributed by atoms with E-state index in [1.807, 2.05) is 30.4 Å². The van der Waals surface area contributed by atoms with Gasteiger partial charge in [0.2, 0.25) is 0 Å². The summed E-state index contributed by atoms with van der Waals surface area (Å²) in [5.74, 6) is -0.385. The largest absolute Gasteiger partial charge is 0.491 e. The maximum absolute atomic E-state index is 14.2. The zero-order chi connectivity index (χ0) is 20.4. The summed E-state index contributed by atoms with van der Waals surface area (Å²) < 4.78 is 19.7. The number of rotatable bonds is 12. The van der Waals surface area contributed by atoms with E-state index in [1.165, 1.54) is 0 Å². The van der Waals surface area contributed by atoms with E-state index < -0.39 is 24.3 Å². The molecule has 1 fully saturated rings. The van der Waals surface area contributed by atoms with E-state index in [-0.39, 0.29) is 31.3 Å². The fourth-order valence-corrected chi connectivity index (χ4v) is 3.87. The van der Waals surface area contributed by atoms with Gasteiger partial charge in [0.25, 0.3) is 0 Å². The van der Waals surface area contributed by atoms with Gasteiger partial charge in [-0.05, 0) is 62.5 Å². The molecule has 0 bridgehead atoms. The van der Waals surface area contributed by atoms with Crippen molar-refractivity contribution in [2.24, 2.45) is 11.8 Å². The normalized spacial score (nSPS) is 25.8. The van der Waals surface area contributed by atoms with Gasteiger partial charge in [-0.25, -0.2) is 4.39 Å². The number of allylic oxidation sites excluding steroid dienone is 2. The number of para-hydroxylation sites is 1. The summed E-state index contributed by atoms with van der Waals surface area (Å²) in [6.07, 6.45) is 4.55. The van der Waals surface area contributed by atoms with E-state index in [0.717, 1.165) is 0 Å². The Balaban J connectivity index is 1.73. The molecule has 0 saturated heterocycles. The van der Waals surface area contributed by atoms with Crippen molar-refractivity contribution >= 4 is 5.97 Å². The number of benzene rings is 1. The molecule has 0 amide bonds. The van der Waals surface area contributed by atoms with Gasteiger partial charge in [0, 0.05) is 6.42 Å². The van der Waals surface area contributed by atoms with E-state index in [0.29, 0.717) is 37.9 Å². The van der Waals surface area contributed by atoms with Crippen molar-refractivity contribution in [3.63, 3.8) is 0 Å². The molecule has 6 heteroatoms.